The fourth-order valence-corrected chi connectivity index (χ4v) is 9.42. The second kappa shape index (κ2) is 53.8. The summed E-state index contributed by atoms with van der Waals surface area (Å²) in [4.78, 5) is 35.6. The summed E-state index contributed by atoms with van der Waals surface area (Å²) in [6, 6.07) is 0. The summed E-state index contributed by atoms with van der Waals surface area (Å²) in [5, 5.41) is 0. The molecule has 0 spiro atoms. The van der Waals surface area contributed by atoms with Crippen molar-refractivity contribution in [1.29, 1.82) is 0 Å². The van der Waals surface area contributed by atoms with E-state index in [4.69, 9.17) is 18.5 Å². The third kappa shape index (κ3) is 57.3. The first-order valence-corrected chi connectivity index (χ1v) is 31.9. The average Bonchev–Trinajstić information content (AvgIpc) is 3.34. The molecule has 2 atom stereocenters. The van der Waals surface area contributed by atoms with Crippen molar-refractivity contribution in [3.8, 4) is 0 Å². The van der Waals surface area contributed by atoms with Gasteiger partial charge in [0.15, 0.2) is 6.10 Å². The molecule has 72 heavy (non-hydrogen) atoms. The molecule has 0 aliphatic rings. The molecule has 0 aromatic carbocycles. The second-order valence-corrected chi connectivity index (χ2v) is 23.2. The molecule has 0 heterocycles. The molecular formula is C62H117NO8P+. The molecule has 0 aromatic heterocycles. The molecule has 0 saturated carbocycles. The van der Waals surface area contributed by atoms with Crippen molar-refractivity contribution in [2.75, 3.05) is 47.5 Å². The van der Waals surface area contributed by atoms with Crippen LogP contribution in [0.25, 0.3) is 0 Å². The van der Waals surface area contributed by atoms with E-state index in [1.54, 1.807) is 0 Å². The van der Waals surface area contributed by atoms with Crippen molar-refractivity contribution < 1.29 is 42.1 Å². The summed E-state index contributed by atoms with van der Waals surface area (Å²) in [6.45, 7) is 4.33. The van der Waals surface area contributed by atoms with Gasteiger partial charge in [0, 0.05) is 12.8 Å². The van der Waals surface area contributed by atoms with E-state index in [2.05, 4.69) is 62.5 Å². The van der Waals surface area contributed by atoms with Gasteiger partial charge in [-0.3, -0.25) is 18.6 Å². The number of phosphoric acid groups is 1. The number of allylic oxidation sites excluding steroid dienone is 8. The Morgan fingerprint density at radius 2 is 0.792 bits per heavy atom. The van der Waals surface area contributed by atoms with Gasteiger partial charge in [-0.2, -0.15) is 0 Å². The maximum atomic E-state index is 12.8. The number of rotatable bonds is 56. The highest BCUT2D eigenvalue weighted by atomic mass is 31.2. The highest BCUT2D eigenvalue weighted by Crippen LogP contribution is 2.43. The fraction of sp³-hybridized carbons (Fsp3) is 0.839. The van der Waals surface area contributed by atoms with Gasteiger partial charge >= 0.3 is 19.8 Å². The van der Waals surface area contributed by atoms with Crippen LogP contribution in [0.1, 0.15) is 284 Å². The minimum absolute atomic E-state index is 0.0282. The third-order valence-corrected chi connectivity index (χ3v) is 14.3. The number of hydrogen-bond acceptors (Lipinski definition) is 7. The zero-order valence-electron chi connectivity index (χ0n) is 47.9. The van der Waals surface area contributed by atoms with Crippen molar-refractivity contribution in [2.45, 2.75) is 290 Å². The van der Waals surface area contributed by atoms with Gasteiger partial charge in [-0.05, 0) is 70.6 Å². The summed E-state index contributed by atoms with van der Waals surface area (Å²) >= 11 is 0. The first-order valence-electron chi connectivity index (χ1n) is 30.4. The molecule has 0 aliphatic heterocycles. The van der Waals surface area contributed by atoms with Crippen LogP contribution in [0.2, 0.25) is 0 Å². The molecular weight excluding hydrogens is 918 g/mol. The largest absolute Gasteiger partial charge is 0.472 e. The molecule has 0 bridgehead atoms. The van der Waals surface area contributed by atoms with Gasteiger partial charge in [-0.25, -0.2) is 4.57 Å². The lowest BCUT2D eigenvalue weighted by molar-refractivity contribution is -0.870. The monoisotopic (exact) mass is 1030 g/mol. The number of unbranched alkanes of at least 4 members (excludes halogenated alkanes) is 34. The van der Waals surface area contributed by atoms with Crippen molar-refractivity contribution in [3.63, 3.8) is 0 Å². The van der Waals surface area contributed by atoms with Gasteiger partial charge in [0.05, 0.1) is 27.7 Å². The zero-order valence-corrected chi connectivity index (χ0v) is 48.8. The van der Waals surface area contributed by atoms with E-state index in [1.165, 1.54) is 180 Å². The van der Waals surface area contributed by atoms with Crippen LogP contribution in [0.3, 0.4) is 0 Å². The lowest BCUT2D eigenvalue weighted by Crippen LogP contribution is -2.37. The van der Waals surface area contributed by atoms with Crippen LogP contribution in [0.4, 0.5) is 0 Å². The van der Waals surface area contributed by atoms with Crippen LogP contribution in [-0.4, -0.2) is 74.9 Å². The average molecular weight is 1040 g/mol. The van der Waals surface area contributed by atoms with Gasteiger partial charge in [0.25, 0.3) is 0 Å². The Kier molecular flexibility index (Phi) is 52.3. The van der Waals surface area contributed by atoms with Crippen LogP contribution < -0.4 is 0 Å². The Balaban J connectivity index is 3.98. The first kappa shape index (κ1) is 70.0. The Morgan fingerprint density at radius 1 is 0.444 bits per heavy atom. The van der Waals surface area contributed by atoms with Crippen LogP contribution in [0, 0.1) is 0 Å². The lowest BCUT2D eigenvalue weighted by atomic mass is 10.0. The van der Waals surface area contributed by atoms with Crippen LogP contribution in [0.15, 0.2) is 48.6 Å². The molecule has 10 heteroatoms. The van der Waals surface area contributed by atoms with E-state index in [0.29, 0.717) is 17.4 Å². The zero-order chi connectivity index (χ0) is 52.7. The van der Waals surface area contributed by atoms with Gasteiger partial charge < -0.3 is 18.9 Å². The molecule has 0 amide bonds. The second-order valence-electron chi connectivity index (χ2n) is 21.7. The number of quaternary nitrogens is 1. The summed E-state index contributed by atoms with van der Waals surface area (Å²) in [6.07, 6.45) is 67.8. The molecule has 2 unspecified atom stereocenters. The number of nitrogens with zero attached hydrogens (tertiary/aromatic N) is 1. The predicted octanol–water partition coefficient (Wildman–Crippen LogP) is 18.9. The summed E-state index contributed by atoms with van der Waals surface area (Å²) in [7, 11) is 1.47. The van der Waals surface area contributed by atoms with Gasteiger partial charge in [-0.1, -0.05) is 249 Å². The molecule has 0 aromatic rings. The Hall–Kier alpha value is -2.03. The Bertz CT molecular complexity index is 1360. The number of likely N-dealkylation sites (N-methyl/N-ethyl adjacent to an activating group) is 1. The molecule has 0 saturated heterocycles. The fourth-order valence-electron chi connectivity index (χ4n) is 8.67. The molecule has 422 valence electrons. The minimum Gasteiger partial charge on any atom is -0.462 e. The normalized spacial score (nSPS) is 13.6. The van der Waals surface area contributed by atoms with E-state index in [0.717, 1.165) is 70.6 Å². The van der Waals surface area contributed by atoms with Crippen molar-refractivity contribution in [1.82, 2.24) is 0 Å². The van der Waals surface area contributed by atoms with E-state index in [1.807, 2.05) is 21.1 Å². The quantitative estimate of drug-likeness (QED) is 0.0211. The molecule has 1 N–H and O–H groups in total. The van der Waals surface area contributed by atoms with E-state index >= 15 is 0 Å². The van der Waals surface area contributed by atoms with Crippen LogP contribution in [0.5, 0.6) is 0 Å². The number of ether oxygens (including phenoxy) is 2. The van der Waals surface area contributed by atoms with Gasteiger partial charge in [0.2, 0.25) is 0 Å². The van der Waals surface area contributed by atoms with Gasteiger partial charge in [0.1, 0.15) is 19.8 Å². The van der Waals surface area contributed by atoms with E-state index < -0.39 is 26.5 Å². The van der Waals surface area contributed by atoms with E-state index in [9.17, 15) is 19.0 Å². The molecule has 0 rings (SSSR count). The Morgan fingerprint density at radius 3 is 1.19 bits per heavy atom. The van der Waals surface area contributed by atoms with Crippen molar-refractivity contribution >= 4 is 19.8 Å². The summed E-state index contributed by atoms with van der Waals surface area (Å²) in [5.41, 5.74) is 0. The number of hydrogen-bond donors (Lipinski definition) is 1. The summed E-state index contributed by atoms with van der Waals surface area (Å²) < 4.78 is 34.5. The standard InChI is InChI=1S/C62H116NO8P/c1-6-8-10-12-14-16-18-20-22-23-24-25-26-27-28-29-30-31-32-33-34-35-36-37-38-39-41-42-44-46-48-50-52-54-61(64)68-58-60(59-70-72(66,67)69-57-56-63(3,4)5)71-62(65)55-53-51-49-47-45-43-40-21-19-17-15-13-11-9-7-2/h9,11,15,17,21,23-24,40,60H,6-8,10,12-14,16,18-20,22,25-39,41-59H2,1-5H3/p+1/b11-9-,17-15-,24-23-,40-21-. The van der Waals surface area contributed by atoms with Crippen molar-refractivity contribution in [3.05, 3.63) is 48.6 Å². The SMILES string of the molecule is CC/C=C\C/C=C\C/C=C\CCCCCCCC(=O)OC(COC(=O)CCCCCCCCCCCCCCCCCCCCCCC/C=C\CCCCCCCCCC)COP(=O)(O)OCC[N+](C)(C)C. The lowest BCUT2D eigenvalue weighted by Gasteiger charge is -2.24. The van der Waals surface area contributed by atoms with Crippen LogP contribution >= 0.6 is 7.82 Å². The molecule has 9 nitrogen and oxygen atoms in total. The topological polar surface area (TPSA) is 108 Å². The summed E-state index contributed by atoms with van der Waals surface area (Å²) in [5.74, 6) is -0.808. The van der Waals surface area contributed by atoms with Crippen molar-refractivity contribution in [2.24, 2.45) is 0 Å². The number of esters is 2. The minimum atomic E-state index is -4.39. The first-order chi connectivity index (χ1) is 35.0. The Labute approximate surface area is 445 Å². The smallest absolute Gasteiger partial charge is 0.462 e. The number of carbonyl (C=O) groups excluding carboxylic acids is 2. The number of phosphoric ester groups is 1. The maximum Gasteiger partial charge on any atom is 0.472 e. The predicted molar refractivity (Wildman–Crippen MR) is 307 cm³/mol. The molecule has 0 radical (unpaired) electrons. The van der Waals surface area contributed by atoms with Crippen LogP contribution in [-0.2, 0) is 32.7 Å². The van der Waals surface area contributed by atoms with E-state index in [-0.39, 0.29) is 32.0 Å². The highest BCUT2D eigenvalue weighted by molar-refractivity contribution is 7.47. The molecule has 0 aliphatic carbocycles. The molecule has 0 fully saturated rings. The number of carbonyl (C=O) groups is 2. The third-order valence-electron chi connectivity index (χ3n) is 13.3. The maximum absolute atomic E-state index is 12.8. The highest BCUT2D eigenvalue weighted by Gasteiger charge is 2.27. The van der Waals surface area contributed by atoms with Gasteiger partial charge in [-0.15, -0.1) is 0 Å².